The van der Waals surface area contributed by atoms with Gasteiger partial charge in [0.25, 0.3) is 0 Å². The van der Waals surface area contributed by atoms with E-state index in [1.54, 1.807) is 11.1 Å². The highest BCUT2D eigenvalue weighted by Crippen LogP contribution is 2.35. The standard InChI is InChI=1S/C13H14N2O/c1-3-4-7-11-10(2)16-13-9-6-5-8-12(13)15(11)14/h3-9H,1,14H2,2H3/b7-4-. The van der Waals surface area contributed by atoms with Crippen molar-refractivity contribution in [2.45, 2.75) is 6.92 Å². The second-order valence-electron chi connectivity index (χ2n) is 3.48. The SMILES string of the molecule is C=C/C=C\C1=C(C)Oc2ccccc2N1N. The largest absolute Gasteiger partial charge is 0.458 e. The van der Waals surface area contributed by atoms with Gasteiger partial charge < -0.3 is 4.74 Å². The van der Waals surface area contributed by atoms with Crippen LogP contribution < -0.4 is 15.6 Å². The first kappa shape index (κ1) is 10.5. The lowest BCUT2D eigenvalue weighted by atomic mass is 10.2. The summed E-state index contributed by atoms with van der Waals surface area (Å²) in [6.45, 7) is 5.52. The van der Waals surface area contributed by atoms with E-state index >= 15 is 0 Å². The monoisotopic (exact) mass is 214 g/mol. The minimum atomic E-state index is 0.776. The molecule has 2 rings (SSSR count). The molecule has 16 heavy (non-hydrogen) atoms. The van der Waals surface area contributed by atoms with Crippen molar-refractivity contribution in [2.75, 3.05) is 5.01 Å². The molecule has 1 aromatic rings. The minimum absolute atomic E-state index is 0.776. The van der Waals surface area contributed by atoms with Crippen molar-refractivity contribution in [2.24, 2.45) is 5.84 Å². The van der Waals surface area contributed by atoms with Crippen LogP contribution in [-0.4, -0.2) is 0 Å². The molecule has 1 aromatic carbocycles. The molecule has 0 radical (unpaired) electrons. The van der Waals surface area contributed by atoms with E-state index in [2.05, 4.69) is 6.58 Å². The van der Waals surface area contributed by atoms with Crippen LogP contribution in [0.15, 0.2) is 60.5 Å². The molecule has 2 N–H and O–H groups in total. The van der Waals surface area contributed by atoms with Crippen molar-refractivity contribution in [3.8, 4) is 5.75 Å². The van der Waals surface area contributed by atoms with E-state index in [1.165, 1.54) is 0 Å². The third-order valence-electron chi connectivity index (χ3n) is 2.40. The smallest absolute Gasteiger partial charge is 0.152 e. The van der Waals surface area contributed by atoms with Crippen LogP contribution in [0, 0.1) is 0 Å². The van der Waals surface area contributed by atoms with Crippen LogP contribution in [0.2, 0.25) is 0 Å². The number of anilines is 1. The van der Waals surface area contributed by atoms with Gasteiger partial charge in [0.05, 0.1) is 5.70 Å². The first-order chi connectivity index (χ1) is 7.74. The summed E-state index contributed by atoms with van der Waals surface area (Å²) in [7, 11) is 0. The summed E-state index contributed by atoms with van der Waals surface area (Å²) >= 11 is 0. The van der Waals surface area contributed by atoms with Crippen molar-refractivity contribution in [1.29, 1.82) is 0 Å². The van der Waals surface area contributed by atoms with Crippen molar-refractivity contribution < 1.29 is 4.74 Å². The molecule has 1 aliphatic heterocycles. The summed E-state index contributed by atoms with van der Waals surface area (Å²) in [5, 5.41) is 1.62. The van der Waals surface area contributed by atoms with E-state index in [0.717, 1.165) is 22.9 Å². The zero-order chi connectivity index (χ0) is 11.5. The molecular formula is C13H14N2O. The first-order valence-corrected chi connectivity index (χ1v) is 5.05. The molecule has 0 saturated heterocycles. The molecular weight excluding hydrogens is 200 g/mol. The van der Waals surface area contributed by atoms with E-state index in [4.69, 9.17) is 10.6 Å². The maximum Gasteiger partial charge on any atom is 0.152 e. The van der Waals surface area contributed by atoms with E-state index in [1.807, 2.05) is 43.3 Å². The van der Waals surface area contributed by atoms with Gasteiger partial charge >= 0.3 is 0 Å². The van der Waals surface area contributed by atoms with Crippen LogP contribution in [-0.2, 0) is 0 Å². The summed E-state index contributed by atoms with van der Waals surface area (Å²) in [6.07, 6.45) is 5.41. The predicted molar refractivity (Wildman–Crippen MR) is 65.8 cm³/mol. The number of hydrazine groups is 1. The molecule has 0 saturated carbocycles. The van der Waals surface area contributed by atoms with Gasteiger partial charge in [-0.05, 0) is 25.1 Å². The molecule has 0 unspecified atom stereocenters. The highest BCUT2D eigenvalue weighted by molar-refractivity contribution is 5.65. The fraction of sp³-hybridized carbons (Fsp3) is 0.0769. The Morgan fingerprint density at radius 2 is 2.12 bits per heavy atom. The van der Waals surface area contributed by atoms with Crippen LogP contribution in [0.25, 0.3) is 0 Å². The van der Waals surface area contributed by atoms with Crippen LogP contribution in [0.3, 0.4) is 0 Å². The third kappa shape index (κ3) is 1.73. The Balaban J connectivity index is 2.43. The van der Waals surface area contributed by atoms with Gasteiger partial charge in [-0.2, -0.15) is 0 Å². The molecule has 0 spiro atoms. The van der Waals surface area contributed by atoms with Gasteiger partial charge in [-0.15, -0.1) is 0 Å². The Morgan fingerprint density at radius 3 is 2.88 bits per heavy atom. The summed E-state index contributed by atoms with van der Waals surface area (Å²) in [6, 6.07) is 7.66. The number of hydrogen-bond acceptors (Lipinski definition) is 3. The van der Waals surface area contributed by atoms with Crippen molar-refractivity contribution in [3.63, 3.8) is 0 Å². The number of fused-ring (bicyclic) bond motifs is 1. The van der Waals surface area contributed by atoms with Crippen LogP contribution in [0.4, 0.5) is 5.69 Å². The highest BCUT2D eigenvalue weighted by Gasteiger charge is 2.20. The van der Waals surface area contributed by atoms with E-state index < -0.39 is 0 Å². The van der Waals surface area contributed by atoms with Crippen molar-refractivity contribution >= 4 is 5.69 Å². The fourth-order valence-electron chi connectivity index (χ4n) is 1.62. The molecule has 0 aromatic heterocycles. The second-order valence-corrected chi connectivity index (χ2v) is 3.48. The quantitative estimate of drug-likeness (QED) is 0.607. The number of nitrogens with zero attached hydrogens (tertiary/aromatic N) is 1. The number of nitrogens with two attached hydrogens (primary N) is 1. The predicted octanol–water partition coefficient (Wildman–Crippen LogP) is 2.73. The van der Waals surface area contributed by atoms with Crippen LogP contribution in [0.1, 0.15) is 6.92 Å². The number of ether oxygens (including phenoxy) is 1. The Hall–Kier alpha value is -2.00. The first-order valence-electron chi connectivity index (χ1n) is 5.05. The van der Waals surface area contributed by atoms with E-state index in [9.17, 15) is 0 Å². The second kappa shape index (κ2) is 4.24. The van der Waals surface area contributed by atoms with Crippen LogP contribution in [0.5, 0.6) is 5.75 Å². The number of hydrogen-bond donors (Lipinski definition) is 1. The van der Waals surface area contributed by atoms with Gasteiger partial charge in [-0.1, -0.05) is 30.9 Å². The van der Waals surface area contributed by atoms with Crippen molar-refractivity contribution in [3.05, 3.63) is 60.5 Å². The summed E-state index contributed by atoms with van der Waals surface area (Å²) in [4.78, 5) is 0. The lowest BCUT2D eigenvalue weighted by molar-refractivity contribution is 0.411. The molecule has 3 heteroatoms. The summed E-state index contributed by atoms with van der Waals surface area (Å²) in [5.41, 5.74) is 1.69. The van der Waals surface area contributed by atoms with Gasteiger partial charge in [0.2, 0.25) is 0 Å². The zero-order valence-electron chi connectivity index (χ0n) is 9.18. The van der Waals surface area contributed by atoms with Crippen molar-refractivity contribution in [1.82, 2.24) is 0 Å². The molecule has 0 atom stereocenters. The lowest BCUT2D eigenvalue weighted by Crippen LogP contribution is -2.33. The van der Waals surface area contributed by atoms with Gasteiger partial charge in [0, 0.05) is 0 Å². The Kier molecular flexibility index (Phi) is 2.79. The summed E-state index contributed by atoms with van der Waals surface area (Å²) in [5.74, 6) is 7.58. The summed E-state index contributed by atoms with van der Waals surface area (Å²) < 4.78 is 5.68. The maximum atomic E-state index is 6.03. The maximum absolute atomic E-state index is 6.03. The van der Waals surface area contributed by atoms with Gasteiger partial charge in [-0.3, -0.25) is 5.01 Å². The van der Waals surface area contributed by atoms with Crippen LogP contribution >= 0.6 is 0 Å². The molecule has 0 amide bonds. The molecule has 1 aliphatic rings. The molecule has 82 valence electrons. The van der Waals surface area contributed by atoms with Gasteiger partial charge in [0.15, 0.2) is 5.75 Å². The highest BCUT2D eigenvalue weighted by atomic mass is 16.5. The van der Waals surface area contributed by atoms with E-state index in [-0.39, 0.29) is 0 Å². The van der Waals surface area contributed by atoms with Gasteiger partial charge in [0.1, 0.15) is 11.4 Å². The zero-order valence-corrected chi connectivity index (χ0v) is 9.18. The average Bonchev–Trinajstić information content (AvgIpc) is 2.29. The fourth-order valence-corrected chi connectivity index (χ4v) is 1.62. The normalized spacial score (nSPS) is 15.0. The third-order valence-corrected chi connectivity index (χ3v) is 2.40. The Morgan fingerprint density at radius 1 is 1.38 bits per heavy atom. The number of benzene rings is 1. The molecule has 0 aliphatic carbocycles. The lowest BCUT2D eigenvalue weighted by Gasteiger charge is -2.28. The minimum Gasteiger partial charge on any atom is -0.458 e. The van der Waals surface area contributed by atoms with Gasteiger partial charge in [-0.25, -0.2) is 5.84 Å². The molecule has 0 bridgehead atoms. The molecule has 0 fully saturated rings. The number of rotatable bonds is 2. The molecule has 1 heterocycles. The average molecular weight is 214 g/mol. The van der Waals surface area contributed by atoms with E-state index in [0.29, 0.717) is 0 Å². The Bertz CT molecular complexity index is 475. The number of allylic oxidation sites excluding steroid dienone is 4. The Labute approximate surface area is 95.1 Å². The molecule has 3 nitrogen and oxygen atoms in total. The topological polar surface area (TPSA) is 38.5 Å². The number of para-hydroxylation sites is 2.